The third-order valence-electron chi connectivity index (χ3n) is 2.71. The van der Waals surface area contributed by atoms with Crippen LogP contribution >= 0.6 is 11.8 Å². The first-order valence-corrected chi connectivity index (χ1v) is 7.36. The number of hydrogen-bond donors (Lipinski definition) is 1. The number of benzene rings is 1. The minimum Gasteiger partial charge on any atom is -0.472 e. The van der Waals surface area contributed by atoms with Gasteiger partial charge in [0.25, 0.3) is 0 Å². The van der Waals surface area contributed by atoms with Crippen LogP contribution in [0, 0.1) is 0 Å². The third kappa shape index (κ3) is 3.72. The predicted molar refractivity (Wildman–Crippen MR) is 80.1 cm³/mol. The topological polar surface area (TPSA) is 113 Å². The van der Waals surface area contributed by atoms with E-state index in [9.17, 15) is 4.79 Å². The van der Waals surface area contributed by atoms with Gasteiger partial charge in [-0.05, 0) is 22.5 Å². The molecule has 0 aliphatic heterocycles. The molecule has 1 aromatic heterocycles. The summed E-state index contributed by atoms with van der Waals surface area (Å²) in [6, 6.07) is 6.67. The fraction of sp³-hybridized carbons (Fsp3) is 0.231. The Morgan fingerprint density at radius 1 is 1.55 bits per heavy atom. The van der Waals surface area contributed by atoms with E-state index >= 15 is 0 Å². The quantitative estimate of drug-likeness (QED) is 0.288. The van der Waals surface area contributed by atoms with Gasteiger partial charge in [-0.25, -0.2) is 0 Å². The molecule has 1 N–H and O–H groups in total. The van der Waals surface area contributed by atoms with Crippen LogP contribution < -0.4 is 4.74 Å². The van der Waals surface area contributed by atoms with Crippen LogP contribution in [-0.2, 0) is 6.61 Å². The average molecular weight is 319 g/mol. The number of rotatable bonds is 6. The minimum absolute atomic E-state index is 0.0716. The number of nitrogens with zero attached hydrogens (tertiary/aromatic N) is 5. The minimum atomic E-state index is -0.660. The highest BCUT2D eigenvalue weighted by molar-refractivity contribution is 7.99. The monoisotopic (exact) mass is 319 g/mol. The highest BCUT2D eigenvalue weighted by atomic mass is 32.2. The van der Waals surface area contributed by atoms with Gasteiger partial charge < -0.3 is 9.94 Å². The van der Waals surface area contributed by atoms with E-state index in [0.717, 1.165) is 10.6 Å². The van der Waals surface area contributed by atoms with Crippen molar-refractivity contribution in [1.29, 1.82) is 0 Å². The highest BCUT2D eigenvalue weighted by Crippen LogP contribution is 2.27. The summed E-state index contributed by atoms with van der Waals surface area (Å²) < 4.78 is 5.48. The fourth-order valence-electron chi connectivity index (χ4n) is 1.82. The van der Waals surface area contributed by atoms with Gasteiger partial charge in [-0.3, -0.25) is 4.79 Å². The van der Waals surface area contributed by atoms with Gasteiger partial charge in [0, 0.05) is 27.0 Å². The van der Waals surface area contributed by atoms with Gasteiger partial charge in [0.2, 0.25) is 11.8 Å². The molecule has 8 nitrogen and oxygen atoms in total. The van der Waals surface area contributed by atoms with Crippen molar-refractivity contribution in [2.75, 3.05) is 5.75 Å². The summed E-state index contributed by atoms with van der Waals surface area (Å²) in [5, 5.41) is 15.9. The van der Waals surface area contributed by atoms with Gasteiger partial charge in [-0.1, -0.05) is 24.2 Å². The molecule has 2 rings (SSSR count). The Labute approximate surface area is 130 Å². The molecule has 0 spiro atoms. The number of aromatic nitrogens is 2. The molecule has 0 saturated carbocycles. The lowest BCUT2D eigenvalue weighted by Crippen LogP contribution is -2.06. The normalized spacial score (nSPS) is 10.0. The molecular formula is C13H13N5O3S. The summed E-state index contributed by atoms with van der Waals surface area (Å²) in [5.41, 5.74) is 9.35. The van der Waals surface area contributed by atoms with Crippen LogP contribution in [0.5, 0.6) is 5.88 Å². The molecule has 0 unspecified atom stereocenters. The first-order chi connectivity index (χ1) is 10.7. The molecule has 0 bridgehead atoms. The van der Waals surface area contributed by atoms with Crippen LogP contribution in [0.4, 0.5) is 0 Å². The molecule has 0 fully saturated rings. The van der Waals surface area contributed by atoms with Crippen molar-refractivity contribution in [3.05, 3.63) is 52.0 Å². The van der Waals surface area contributed by atoms with Crippen molar-refractivity contribution in [2.24, 2.45) is 5.11 Å². The van der Waals surface area contributed by atoms with Gasteiger partial charge >= 0.3 is 0 Å². The fourth-order valence-corrected chi connectivity index (χ4v) is 2.65. The standard InChI is InChI=1S/C13H13N5O3S/c1-2-22-11-5-3-4-9(13(19)15-17-14)10(11)8-21-12-6-7-18(20)16-12/h3-7,20H,2,8H2,1H3. The molecule has 1 amide bonds. The van der Waals surface area contributed by atoms with E-state index in [2.05, 4.69) is 15.1 Å². The van der Waals surface area contributed by atoms with E-state index in [-0.39, 0.29) is 12.5 Å². The summed E-state index contributed by atoms with van der Waals surface area (Å²) in [4.78, 5) is 15.9. The molecule has 0 radical (unpaired) electrons. The van der Waals surface area contributed by atoms with Crippen molar-refractivity contribution in [3.63, 3.8) is 0 Å². The second-order valence-electron chi connectivity index (χ2n) is 4.07. The molecule has 0 saturated heterocycles. The van der Waals surface area contributed by atoms with Crippen LogP contribution in [-0.4, -0.2) is 26.8 Å². The van der Waals surface area contributed by atoms with E-state index in [0.29, 0.717) is 16.0 Å². The lowest BCUT2D eigenvalue weighted by atomic mass is 10.1. The summed E-state index contributed by atoms with van der Waals surface area (Å²) in [7, 11) is 0. The number of hydrogen-bond acceptors (Lipinski definition) is 5. The largest absolute Gasteiger partial charge is 0.472 e. The molecular weight excluding hydrogens is 306 g/mol. The number of amides is 1. The summed E-state index contributed by atoms with van der Waals surface area (Å²) >= 11 is 1.55. The summed E-state index contributed by atoms with van der Waals surface area (Å²) in [5.74, 6) is 0.380. The van der Waals surface area contributed by atoms with Crippen LogP contribution in [0.3, 0.4) is 0 Å². The number of carbonyl (C=O) groups is 1. The van der Waals surface area contributed by atoms with Crippen LogP contribution in [0.15, 0.2) is 40.5 Å². The van der Waals surface area contributed by atoms with Gasteiger partial charge in [0.15, 0.2) is 0 Å². The van der Waals surface area contributed by atoms with Crippen molar-refractivity contribution in [2.45, 2.75) is 18.4 Å². The van der Waals surface area contributed by atoms with E-state index in [1.807, 2.05) is 13.0 Å². The smallest absolute Gasteiger partial charge is 0.249 e. The first-order valence-electron chi connectivity index (χ1n) is 6.37. The molecule has 114 valence electrons. The Balaban J connectivity index is 2.32. The first kappa shape index (κ1) is 15.7. The van der Waals surface area contributed by atoms with E-state index in [1.54, 1.807) is 23.9 Å². The molecule has 2 aromatic rings. The SMILES string of the molecule is CCSc1cccc(C(=O)N=[N+]=[N-])c1COc1ccn(O)n1. The maximum atomic E-state index is 11.9. The van der Waals surface area contributed by atoms with Gasteiger partial charge in [-0.2, -0.15) is 0 Å². The van der Waals surface area contributed by atoms with Crippen molar-refractivity contribution in [3.8, 4) is 5.88 Å². The molecule has 0 aliphatic rings. The maximum absolute atomic E-state index is 11.9. The maximum Gasteiger partial charge on any atom is 0.249 e. The third-order valence-corrected chi connectivity index (χ3v) is 3.70. The van der Waals surface area contributed by atoms with Crippen LogP contribution in [0.1, 0.15) is 22.8 Å². The van der Waals surface area contributed by atoms with Gasteiger partial charge in [0.1, 0.15) is 6.61 Å². The Morgan fingerprint density at radius 3 is 3.00 bits per heavy atom. The zero-order chi connectivity index (χ0) is 15.9. The molecule has 22 heavy (non-hydrogen) atoms. The summed E-state index contributed by atoms with van der Waals surface area (Å²) in [6.45, 7) is 2.06. The number of azide groups is 1. The average Bonchev–Trinajstić information content (AvgIpc) is 2.92. The van der Waals surface area contributed by atoms with Crippen LogP contribution in [0.2, 0.25) is 0 Å². The lowest BCUT2D eigenvalue weighted by Gasteiger charge is -2.12. The van der Waals surface area contributed by atoms with Crippen molar-refractivity contribution < 1.29 is 14.7 Å². The molecule has 0 aliphatic carbocycles. The Kier molecular flexibility index (Phi) is 5.29. The van der Waals surface area contributed by atoms with Crippen LogP contribution in [0.25, 0.3) is 10.4 Å². The second-order valence-corrected chi connectivity index (χ2v) is 5.38. The Hall–Kier alpha value is -2.64. The zero-order valence-corrected chi connectivity index (χ0v) is 12.5. The predicted octanol–water partition coefficient (Wildman–Crippen LogP) is 3.26. The van der Waals surface area contributed by atoms with E-state index < -0.39 is 5.91 Å². The highest BCUT2D eigenvalue weighted by Gasteiger charge is 2.15. The lowest BCUT2D eigenvalue weighted by molar-refractivity contribution is 0.0997. The Morgan fingerprint density at radius 2 is 2.36 bits per heavy atom. The molecule has 9 heteroatoms. The Bertz CT molecular complexity index is 724. The number of ether oxygens (including phenoxy) is 1. The van der Waals surface area contributed by atoms with Gasteiger partial charge in [-0.15, -0.1) is 16.6 Å². The van der Waals surface area contributed by atoms with Crippen molar-refractivity contribution in [1.82, 2.24) is 9.94 Å². The van der Waals surface area contributed by atoms with E-state index in [1.165, 1.54) is 12.3 Å². The second kappa shape index (κ2) is 7.39. The number of thioether (sulfide) groups is 1. The molecule has 1 heterocycles. The number of carbonyl (C=O) groups excluding carboxylic acids is 1. The van der Waals surface area contributed by atoms with Crippen molar-refractivity contribution >= 4 is 17.7 Å². The molecule has 0 atom stereocenters. The molecule has 1 aromatic carbocycles. The van der Waals surface area contributed by atoms with E-state index in [4.69, 9.17) is 15.5 Å². The van der Waals surface area contributed by atoms with Gasteiger partial charge in [0.05, 0.1) is 6.20 Å². The zero-order valence-electron chi connectivity index (χ0n) is 11.7. The summed E-state index contributed by atoms with van der Waals surface area (Å²) in [6.07, 6.45) is 1.33.